The highest BCUT2D eigenvalue weighted by atomic mass is 32.2. The molecule has 140 valence electrons. The van der Waals surface area contributed by atoms with E-state index in [1.807, 2.05) is 5.38 Å². The summed E-state index contributed by atoms with van der Waals surface area (Å²) in [4.78, 5) is 28.1. The average Bonchev–Trinajstić information content (AvgIpc) is 3.08. The maximum absolute atomic E-state index is 12.0. The monoisotopic (exact) mass is 395 g/mol. The molecule has 0 aliphatic carbocycles. The number of carbonyl (C=O) groups is 2. The van der Waals surface area contributed by atoms with Crippen LogP contribution in [0.15, 0.2) is 34.0 Å². The van der Waals surface area contributed by atoms with Crippen LogP contribution in [0.3, 0.4) is 0 Å². The number of nitrogens with zero attached hydrogens (tertiary/aromatic N) is 1. The third-order valence-corrected chi connectivity index (χ3v) is 5.27. The number of hydrogen-bond acceptors (Lipinski definition) is 7. The lowest BCUT2D eigenvalue weighted by Crippen LogP contribution is -2.28. The Bertz CT molecular complexity index is 719. The van der Waals surface area contributed by atoms with Gasteiger partial charge < -0.3 is 20.1 Å². The van der Waals surface area contributed by atoms with Crippen LogP contribution in [0.2, 0.25) is 0 Å². The van der Waals surface area contributed by atoms with E-state index in [2.05, 4.69) is 15.6 Å². The summed E-state index contributed by atoms with van der Waals surface area (Å²) in [5.41, 5.74) is 1.41. The molecule has 0 unspecified atom stereocenters. The SMILES string of the molecule is COCCNC(=O)Cc1csc(SCC(=O)Nc2ccc(OC)cc2)n1. The molecule has 26 heavy (non-hydrogen) atoms. The molecule has 0 saturated carbocycles. The molecule has 2 aromatic rings. The molecule has 0 saturated heterocycles. The summed E-state index contributed by atoms with van der Waals surface area (Å²) in [7, 11) is 3.18. The first-order chi connectivity index (χ1) is 12.6. The fourth-order valence-electron chi connectivity index (χ4n) is 1.95. The van der Waals surface area contributed by atoms with Crippen molar-refractivity contribution in [3.63, 3.8) is 0 Å². The number of rotatable bonds is 10. The van der Waals surface area contributed by atoms with Gasteiger partial charge in [-0.3, -0.25) is 9.59 Å². The highest BCUT2D eigenvalue weighted by molar-refractivity contribution is 8.01. The van der Waals surface area contributed by atoms with Crippen molar-refractivity contribution >= 4 is 40.6 Å². The Kier molecular flexibility index (Phi) is 8.39. The third-order valence-electron chi connectivity index (χ3n) is 3.20. The first-order valence-electron chi connectivity index (χ1n) is 7.87. The van der Waals surface area contributed by atoms with Gasteiger partial charge in [-0.05, 0) is 24.3 Å². The van der Waals surface area contributed by atoms with Crippen molar-refractivity contribution in [2.45, 2.75) is 10.8 Å². The molecule has 0 spiro atoms. The summed E-state index contributed by atoms with van der Waals surface area (Å²) in [6, 6.07) is 7.14. The van der Waals surface area contributed by atoms with E-state index in [1.54, 1.807) is 38.5 Å². The van der Waals surface area contributed by atoms with Gasteiger partial charge in [0.05, 0.1) is 31.6 Å². The van der Waals surface area contributed by atoms with Gasteiger partial charge in [0.25, 0.3) is 0 Å². The zero-order chi connectivity index (χ0) is 18.8. The number of benzene rings is 1. The summed E-state index contributed by atoms with van der Waals surface area (Å²) < 4.78 is 10.7. The molecule has 1 aromatic heterocycles. The van der Waals surface area contributed by atoms with E-state index < -0.39 is 0 Å². The van der Waals surface area contributed by atoms with Gasteiger partial charge in [0.15, 0.2) is 4.34 Å². The van der Waals surface area contributed by atoms with Gasteiger partial charge in [0.1, 0.15) is 5.75 Å². The summed E-state index contributed by atoms with van der Waals surface area (Å²) in [5.74, 6) is 0.772. The molecule has 0 bridgehead atoms. The van der Waals surface area contributed by atoms with Crippen LogP contribution in [0.5, 0.6) is 5.75 Å². The second kappa shape index (κ2) is 10.8. The molecular weight excluding hydrogens is 374 g/mol. The van der Waals surface area contributed by atoms with Gasteiger partial charge in [0, 0.05) is 24.7 Å². The number of thiazole rings is 1. The molecule has 0 radical (unpaired) electrons. The van der Waals surface area contributed by atoms with Gasteiger partial charge in [-0.1, -0.05) is 11.8 Å². The average molecular weight is 396 g/mol. The van der Waals surface area contributed by atoms with Gasteiger partial charge in [-0.2, -0.15) is 0 Å². The van der Waals surface area contributed by atoms with Gasteiger partial charge in [0.2, 0.25) is 11.8 Å². The Morgan fingerprint density at radius 3 is 2.65 bits per heavy atom. The summed E-state index contributed by atoms with van der Waals surface area (Å²) >= 11 is 2.77. The predicted molar refractivity (Wildman–Crippen MR) is 103 cm³/mol. The molecule has 9 heteroatoms. The number of ether oxygens (including phenoxy) is 2. The second-order valence-corrected chi connectivity index (χ2v) is 7.27. The van der Waals surface area contributed by atoms with E-state index in [4.69, 9.17) is 9.47 Å². The molecule has 2 rings (SSSR count). The minimum Gasteiger partial charge on any atom is -0.497 e. The highest BCUT2D eigenvalue weighted by Gasteiger charge is 2.10. The summed E-state index contributed by atoms with van der Waals surface area (Å²) in [6.07, 6.45) is 0.221. The Hall–Kier alpha value is -2.10. The predicted octanol–water partition coefficient (Wildman–Crippen LogP) is 2.19. The van der Waals surface area contributed by atoms with Crippen LogP contribution < -0.4 is 15.4 Å². The molecule has 1 heterocycles. The van der Waals surface area contributed by atoms with Crippen molar-refractivity contribution in [3.8, 4) is 5.75 Å². The minimum atomic E-state index is -0.116. The smallest absolute Gasteiger partial charge is 0.234 e. The molecule has 1 aromatic carbocycles. The van der Waals surface area contributed by atoms with Crippen LogP contribution in [-0.2, 0) is 20.7 Å². The molecule has 0 atom stereocenters. The molecule has 2 amide bonds. The van der Waals surface area contributed by atoms with Crippen LogP contribution >= 0.6 is 23.1 Å². The van der Waals surface area contributed by atoms with E-state index in [0.717, 1.165) is 10.1 Å². The van der Waals surface area contributed by atoms with Crippen LogP contribution in [-0.4, -0.2) is 49.9 Å². The molecule has 2 N–H and O–H groups in total. The summed E-state index contributed by atoms with van der Waals surface area (Å²) in [6.45, 7) is 0.958. The van der Waals surface area contributed by atoms with E-state index in [9.17, 15) is 9.59 Å². The Balaban J connectivity index is 1.74. The first kappa shape index (κ1) is 20.2. The lowest BCUT2D eigenvalue weighted by Gasteiger charge is -2.05. The van der Waals surface area contributed by atoms with Crippen molar-refractivity contribution in [2.24, 2.45) is 0 Å². The van der Waals surface area contributed by atoms with Crippen molar-refractivity contribution in [1.82, 2.24) is 10.3 Å². The van der Waals surface area contributed by atoms with Crippen LogP contribution in [0.1, 0.15) is 5.69 Å². The number of amides is 2. The van der Waals surface area contributed by atoms with Gasteiger partial charge in [-0.15, -0.1) is 11.3 Å². The van der Waals surface area contributed by atoms with Crippen LogP contribution in [0, 0.1) is 0 Å². The maximum Gasteiger partial charge on any atom is 0.234 e. The fourth-order valence-corrected chi connectivity index (χ4v) is 3.60. The lowest BCUT2D eigenvalue weighted by atomic mass is 10.3. The second-order valence-electron chi connectivity index (χ2n) is 5.19. The van der Waals surface area contributed by atoms with E-state index in [-0.39, 0.29) is 24.0 Å². The number of aromatic nitrogens is 1. The van der Waals surface area contributed by atoms with E-state index >= 15 is 0 Å². The Labute approximate surface area is 160 Å². The van der Waals surface area contributed by atoms with Crippen molar-refractivity contribution in [1.29, 1.82) is 0 Å². The molecule has 0 fully saturated rings. The number of nitrogens with one attached hydrogen (secondary N) is 2. The topological polar surface area (TPSA) is 89.5 Å². The number of methoxy groups -OCH3 is 2. The van der Waals surface area contributed by atoms with E-state index in [0.29, 0.717) is 24.5 Å². The highest BCUT2D eigenvalue weighted by Crippen LogP contribution is 2.23. The third kappa shape index (κ3) is 7.03. The van der Waals surface area contributed by atoms with Gasteiger partial charge >= 0.3 is 0 Å². The number of hydrogen-bond donors (Lipinski definition) is 2. The largest absolute Gasteiger partial charge is 0.497 e. The van der Waals surface area contributed by atoms with Crippen molar-refractivity contribution < 1.29 is 19.1 Å². The van der Waals surface area contributed by atoms with E-state index in [1.165, 1.54) is 23.1 Å². The Morgan fingerprint density at radius 2 is 1.96 bits per heavy atom. The number of anilines is 1. The lowest BCUT2D eigenvalue weighted by molar-refractivity contribution is -0.120. The zero-order valence-corrected chi connectivity index (χ0v) is 16.2. The fraction of sp³-hybridized carbons (Fsp3) is 0.353. The molecule has 0 aliphatic heterocycles. The number of thioether (sulfide) groups is 1. The Morgan fingerprint density at radius 1 is 1.19 bits per heavy atom. The normalized spacial score (nSPS) is 10.4. The molecule has 7 nitrogen and oxygen atoms in total. The molecule has 0 aliphatic rings. The quantitative estimate of drug-likeness (QED) is 0.473. The number of carbonyl (C=O) groups excluding carboxylic acids is 2. The molecular formula is C17H21N3O4S2. The minimum absolute atomic E-state index is 0.0962. The first-order valence-corrected chi connectivity index (χ1v) is 9.74. The zero-order valence-electron chi connectivity index (χ0n) is 14.6. The standard InChI is InChI=1S/C17H21N3O4S2/c1-23-8-7-18-15(21)9-13-10-25-17(20-13)26-11-16(22)19-12-3-5-14(24-2)6-4-12/h3-6,10H,7-9,11H2,1-2H3,(H,18,21)(H,19,22). The van der Waals surface area contributed by atoms with Crippen LogP contribution in [0.25, 0.3) is 0 Å². The van der Waals surface area contributed by atoms with Crippen LogP contribution in [0.4, 0.5) is 5.69 Å². The summed E-state index contributed by atoms with van der Waals surface area (Å²) in [5, 5.41) is 7.40. The van der Waals surface area contributed by atoms with Crippen molar-refractivity contribution in [2.75, 3.05) is 38.4 Å². The van der Waals surface area contributed by atoms with Gasteiger partial charge in [-0.25, -0.2) is 4.98 Å². The maximum atomic E-state index is 12.0. The van der Waals surface area contributed by atoms with Crippen molar-refractivity contribution in [3.05, 3.63) is 35.3 Å².